The molecule has 0 spiro atoms. The van der Waals surface area contributed by atoms with Gasteiger partial charge in [0, 0.05) is 6.04 Å². The van der Waals surface area contributed by atoms with Gasteiger partial charge in [0.25, 0.3) is 0 Å². The molecule has 0 aliphatic heterocycles. The summed E-state index contributed by atoms with van der Waals surface area (Å²) in [7, 11) is 0.358. The first-order chi connectivity index (χ1) is 11.2. The van der Waals surface area contributed by atoms with Gasteiger partial charge in [0.15, 0.2) is 9.04 Å². The number of methoxy groups -OCH3 is 1. The zero-order chi connectivity index (χ0) is 18.3. The first-order valence-corrected chi connectivity index (χ1v) is 12.1. The van der Waals surface area contributed by atoms with Gasteiger partial charge in [0.05, 0.1) is 13.2 Å². The van der Waals surface area contributed by atoms with Gasteiger partial charge in [-0.1, -0.05) is 26.8 Å². The van der Waals surface area contributed by atoms with E-state index in [1.165, 1.54) is 20.0 Å². The molecule has 4 nitrogen and oxygen atoms in total. The average molecular weight is 356 g/mol. The molecule has 1 N–H and O–H groups in total. The minimum absolute atomic E-state index is 0.129. The van der Waals surface area contributed by atoms with Crippen LogP contribution in [0.25, 0.3) is 0 Å². The molecule has 140 valence electrons. The molecule has 1 rings (SSSR count). The molecule has 0 aromatic carbocycles. The Morgan fingerprint density at radius 3 is 2.21 bits per heavy atom. The van der Waals surface area contributed by atoms with Crippen molar-refractivity contribution >= 4 is 15.1 Å². The lowest BCUT2D eigenvalue weighted by Gasteiger charge is -2.42. The maximum atomic E-state index is 11.6. The number of alkyl carbamates (subject to hydrolysis) is 1. The Morgan fingerprint density at radius 2 is 1.79 bits per heavy atom. The quantitative estimate of drug-likeness (QED) is 0.540. The van der Waals surface area contributed by atoms with E-state index in [-0.39, 0.29) is 17.6 Å². The third-order valence-electron chi connectivity index (χ3n) is 5.00. The van der Waals surface area contributed by atoms with Crippen molar-refractivity contribution in [3.63, 3.8) is 0 Å². The number of carbonyl (C=O) groups excluding carboxylic acids is 1. The molecule has 0 heterocycles. The molecular formula is C19H37NO3Si. The molecule has 1 fully saturated rings. The summed E-state index contributed by atoms with van der Waals surface area (Å²) in [5, 5.41) is 2.99. The Bertz CT molecular complexity index is 398. The van der Waals surface area contributed by atoms with Crippen molar-refractivity contribution in [3.8, 4) is 0 Å². The lowest BCUT2D eigenvalue weighted by molar-refractivity contribution is 0.00863. The summed E-state index contributed by atoms with van der Waals surface area (Å²) in [5.74, 6) is 1.12. The van der Waals surface area contributed by atoms with Crippen molar-refractivity contribution in [1.29, 1.82) is 0 Å². The van der Waals surface area contributed by atoms with Crippen LogP contribution in [0.5, 0.6) is 0 Å². The van der Waals surface area contributed by atoms with Crippen LogP contribution in [0.15, 0.2) is 12.7 Å². The fourth-order valence-corrected chi connectivity index (χ4v) is 5.14. The summed E-state index contributed by atoms with van der Waals surface area (Å²) >= 11 is 0. The fourth-order valence-electron chi connectivity index (χ4n) is 3.92. The van der Waals surface area contributed by atoms with Crippen molar-refractivity contribution < 1.29 is 14.0 Å². The Hall–Kier alpha value is -0.813. The number of carbonyl (C=O) groups is 1. The van der Waals surface area contributed by atoms with Gasteiger partial charge in [-0.3, -0.25) is 0 Å². The molecule has 0 bridgehead atoms. The summed E-state index contributed by atoms with van der Waals surface area (Å²) in [6.07, 6.45) is 7.28. The van der Waals surface area contributed by atoms with Crippen molar-refractivity contribution in [2.75, 3.05) is 7.11 Å². The van der Waals surface area contributed by atoms with Crippen molar-refractivity contribution in [1.82, 2.24) is 5.32 Å². The second-order valence-electron chi connectivity index (χ2n) is 8.41. The van der Waals surface area contributed by atoms with E-state index in [0.29, 0.717) is 17.9 Å². The highest BCUT2D eigenvalue weighted by Crippen LogP contribution is 2.40. The van der Waals surface area contributed by atoms with Crippen LogP contribution in [0, 0.1) is 17.3 Å². The molecule has 0 radical (unpaired) electrons. The Balaban J connectivity index is 2.68. The number of hydrogen-bond donors (Lipinski definition) is 1. The van der Waals surface area contributed by atoms with E-state index in [2.05, 4.69) is 45.8 Å². The molecule has 2 atom stereocenters. The van der Waals surface area contributed by atoms with Gasteiger partial charge in [-0.05, 0) is 62.4 Å². The third kappa shape index (κ3) is 6.59. The molecule has 0 aromatic heterocycles. The average Bonchev–Trinajstić information content (AvgIpc) is 2.51. The van der Waals surface area contributed by atoms with Crippen LogP contribution in [0.1, 0.15) is 52.9 Å². The Labute approximate surface area is 150 Å². The minimum atomic E-state index is -1.06. The molecule has 1 amide bonds. The smallest absolute Gasteiger partial charge is 0.407 e. The van der Waals surface area contributed by atoms with Crippen LogP contribution in [0.3, 0.4) is 0 Å². The minimum Gasteiger partial charge on any atom is -0.453 e. The molecule has 1 unspecified atom stereocenters. The number of rotatable bonds is 7. The van der Waals surface area contributed by atoms with Crippen LogP contribution in [0.2, 0.25) is 13.1 Å². The maximum Gasteiger partial charge on any atom is 0.407 e. The number of hydrogen-bond acceptors (Lipinski definition) is 3. The zero-order valence-corrected chi connectivity index (χ0v) is 17.6. The predicted octanol–water partition coefficient (Wildman–Crippen LogP) is 4.51. The van der Waals surface area contributed by atoms with Gasteiger partial charge < -0.3 is 14.5 Å². The largest absolute Gasteiger partial charge is 0.453 e. The van der Waals surface area contributed by atoms with Crippen molar-refractivity contribution in [2.24, 2.45) is 17.3 Å². The maximum absolute atomic E-state index is 11.6. The van der Waals surface area contributed by atoms with Gasteiger partial charge in [-0.15, -0.1) is 6.58 Å². The van der Waals surface area contributed by atoms with Gasteiger partial charge in [-0.2, -0.15) is 0 Å². The summed E-state index contributed by atoms with van der Waals surface area (Å²) in [6, 6.07) is 0.129. The molecule has 5 heteroatoms. The van der Waals surface area contributed by atoms with E-state index in [1.54, 1.807) is 0 Å². The number of amides is 1. The molecular weight excluding hydrogens is 318 g/mol. The summed E-state index contributed by atoms with van der Waals surface area (Å²) in [4.78, 5) is 11.6. The molecule has 0 saturated heterocycles. The van der Waals surface area contributed by atoms with Crippen LogP contribution >= 0.6 is 0 Å². The topological polar surface area (TPSA) is 47.6 Å². The second-order valence-corrected chi connectivity index (χ2v) is 10.8. The SMILES string of the molecule is C=CC[C@H](NC(=O)OC)C1CCC(C(O[SiH](C)C)C(C)(C)C)CC1. The normalized spacial score (nSPS) is 24.3. The van der Waals surface area contributed by atoms with Crippen LogP contribution in [0.4, 0.5) is 4.79 Å². The van der Waals surface area contributed by atoms with E-state index in [1.807, 2.05) is 6.08 Å². The summed E-state index contributed by atoms with van der Waals surface area (Å²) < 4.78 is 11.2. The van der Waals surface area contributed by atoms with E-state index < -0.39 is 9.04 Å². The predicted molar refractivity (Wildman–Crippen MR) is 103 cm³/mol. The van der Waals surface area contributed by atoms with E-state index in [9.17, 15) is 4.79 Å². The highest BCUT2D eigenvalue weighted by Gasteiger charge is 2.37. The van der Waals surface area contributed by atoms with Crippen LogP contribution < -0.4 is 5.32 Å². The van der Waals surface area contributed by atoms with Crippen LogP contribution in [-0.2, 0) is 9.16 Å². The molecule has 24 heavy (non-hydrogen) atoms. The molecule has 0 aromatic rings. The van der Waals surface area contributed by atoms with E-state index >= 15 is 0 Å². The molecule has 1 aliphatic carbocycles. The van der Waals surface area contributed by atoms with Crippen molar-refractivity contribution in [3.05, 3.63) is 12.7 Å². The summed E-state index contributed by atoms with van der Waals surface area (Å²) in [6.45, 7) is 15.2. The monoisotopic (exact) mass is 355 g/mol. The highest BCUT2D eigenvalue weighted by atomic mass is 28.3. The highest BCUT2D eigenvalue weighted by molar-refractivity contribution is 6.48. The number of ether oxygens (including phenoxy) is 1. The first-order valence-electron chi connectivity index (χ1n) is 9.29. The van der Waals surface area contributed by atoms with Gasteiger partial charge in [0.1, 0.15) is 0 Å². The fraction of sp³-hybridized carbons (Fsp3) is 0.842. The lowest BCUT2D eigenvalue weighted by atomic mass is 9.71. The first kappa shape index (κ1) is 21.2. The third-order valence-corrected chi connectivity index (χ3v) is 5.83. The second kappa shape index (κ2) is 9.61. The Morgan fingerprint density at radius 1 is 1.25 bits per heavy atom. The van der Waals surface area contributed by atoms with Crippen molar-refractivity contribution in [2.45, 2.75) is 78.1 Å². The molecule has 1 saturated carbocycles. The Kier molecular flexibility index (Phi) is 8.50. The van der Waals surface area contributed by atoms with E-state index in [0.717, 1.165) is 19.3 Å². The standard InChI is InChI=1S/C19H37NO3Si/c1-8-9-16(20-18(21)22-5)14-10-12-15(13-11-14)17(19(2,3)4)23-24(6)7/h8,14-17,24H,1,9-13H2,2-7H3,(H,20,21)/t14?,15?,16-,17?/m0/s1. The van der Waals surface area contributed by atoms with Gasteiger partial charge in [-0.25, -0.2) is 4.79 Å². The molecule has 1 aliphatic rings. The number of nitrogens with one attached hydrogen (secondary N) is 1. The van der Waals surface area contributed by atoms with Gasteiger partial charge >= 0.3 is 6.09 Å². The van der Waals surface area contributed by atoms with E-state index in [4.69, 9.17) is 9.16 Å². The zero-order valence-electron chi connectivity index (χ0n) is 16.4. The van der Waals surface area contributed by atoms with Gasteiger partial charge in [0.2, 0.25) is 0 Å². The van der Waals surface area contributed by atoms with Crippen LogP contribution in [-0.4, -0.2) is 34.4 Å². The summed E-state index contributed by atoms with van der Waals surface area (Å²) in [5.41, 5.74) is 0.180. The lowest BCUT2D eigenvalue weighted by Crippen LogP contribution is -2.44.